The van der Waals surface area contributed by atoms with Crippen LogP contribution in [-0.2, 0) is 17.6 Å². The molecule has 6 nitrogen and oxygen atoms in total. The maximum atomic E-state index is 13.2. The molecule has 1 amide bonds. The molecule has 0 bridgehead atoms. The van der Waals surface area contributed by atoms with E-state index in [1.807, 2.05) is 0 Å². The third kappa shape index (κ3) is 2.87. The number of aliphatic carboxylic acids is 1. The Labute approximate surface area is 150 Å². The Hall–Kier alpha value is -2.70. The van der Waals surface area contributed by atoms with E-state index in [2.05, 4.69) is 10.4 Å². The second-order valence-electron chi connectivity index (χ2n) is 7.17. The number of hydrogen-bond donors (Lipinski definition) is 2. The number of aromatic nitrogens is 2. The van der Waals surface area contributed by atoms with Crippen molar-refractivity contribution in [1.82, 2.24) is 15.1 Å². The number of rotatable bonds is 5. The quantitative estimate of drug-likeness (QED) is 0.862. The van der Waals surface area contributed by atoms with Gasteiger partial charge >= 0.3 is 5.97 Å². The van der Waals surface area contributed by atoms with Crippen molar-refractivity contribution in [3.63, 3.8) is 0 Å². The fraction of sp³-hybridized carbons (Fsp3) is 0.421. The zero-order chi connectivity index (χ0) is 18.3. The van der Waals surface area contributed by atoms with E-state index in [9.17, 15) is 14.0 Å². The zero-order valence-electron chi connectivity index (χ0n) is 14.3. The Kier molecular flexibility index (Phi) is 4.01. The Morgan fingerprint density at radius 1 is 1.19 bits per heavy atom. The topological polar surface area (TPSA) is 84.2 Å². The Bertz CT molecular complexity index is 869. The van der Waals surface area contributed by atoms with Crippen LogP contribution in [0.1, 0.15) is 53.8 Å². The van der Waals surface area contributed by atoms with Crippen LogP contribution in [0.4, 0.5) is 4.39 Å². The van der Waals surface area contributed by atoms with E-state index in [4.69, 9.17) is 5.11 Å². The summed E-state index contributed by atoms with van der Waals surface area (Å²) in [6.45, 7) is 0. The molecule has 26 heavy (non-hydrogen) atoms. The summed E-state index contributed by atoms with van der Waals surface area (Å²) in [4.78, 5) is 24.0. The second kappa shape index (κ2) is 6.23. The third-order valence-corrected chi connectivity index (χ3v) is 5.40. The lowest BCUT2D eigenvalue weighted by atomic mass is 9.74. The highest BCUT2D eigenvalue weighted by Gasteiger charge is 2.41. The molecule has 0 saturated heterocycles. The first-order chi connectivity index (χ1) is 12.5. The normalized spacial score (nSPS) is 17.4. The summed E-state index contributed by atoms with van der Waals surface area (Å²) in [6.07, 6.45) is 4.71. The van der Waals surface area contributed by atoms with Crippen molar-refractivity contribution in [3.05, 3.63) is 47.0 Å². The van der Waals surface area contributed by atoms with Gasteiger partial charge in [-0.15, -0.1) is 0 Å². The molecule has 2 aromatic rings. The largest absolute Gasteiger partial charge is 0.481 e. The number of carboxylic acid groups (broad SMARTS) is 1. The van der Waals surface area contributed by atoms with Gasteiger partial charge in [0.1, 0.15) is 5.82 Å². The fourth-order valence-electron chi connectivity index (χ4n) is 3.95. The summed E-state index contributed by atoms with van der Waals surface area (Å²) < 4.78 is 14.9. The van der Waals surface area contributed by atoms with Crippen molar-refractivity contribution in [2.24, 2.45) is 0 Å². The molecule has 1 fully saturated rings. The first kappa shape index (κ1) is 16.8. The average Bonchev–Trinajstić information content (AvgIpc) is 3.15. The number of halogens is 1. The molecule has 0 spiro atoms. The smallest absolute Gasteiger partial charge is 0.305 e. The molecule has 0 aliphatic heterocycles. The average molecular weight is 357 g/mol. The van der Waals surface area contributed by atoms with Crippen molar-refractivity contribution >= 4 is 11.9 Å². The Balaban J connectivity index is 1.65. The van der Waals surface area contributed by atoms with Gasteiger partial charge in [-0.3, -0.25) is 9.59 Å². The lowest BCUT2D eigenvalue weighted by Crippen LogP contribution is -2.54. The number of benzene rings is 1. The van der Waals surface area contributed by atoms with Gasteiger partial charge in [0.05, 0.1) is 17.6 Å². The maximum absolute atomic E-state index is 13.2. The van der Waals surface area contributed by atoms with Crippen LogP contribution in [0.25, 0.3) is 5.69 Å². The van der Waals surface area contributed by atoms with Crippen LogP contribution in [0, 0.1) is 5.82 Å². The lowest BCUT2D eigenvalue weighted by molar-refractivity contribution is -0.139. The van der Waals surface area contributed by atoms with Crippen molar-refractivity contribution in [2.45, 2.75) is 50.5 Å². The first-order valence-corrected chi connectivity index (χ1v) is 8.88. The number of carboxylic acids is 1. The first-order valence-electron chi connectivity index (χ1n) is 8.88. The van der Waals surface area contributed by atoms with Crippen LogP contribution in [0.5, 0.6) is 0 Å². The second-order valence-corrected chi connectivity index (χ2v) is 7.17. The van der Waals surface area contributed by atoms with Crippen LogP contribution >= 0.6 is 0 Å². The van der Waals surface area contributed by atoms with Gasteiger partial charge in [0.2, 0.25) is 0 Å². The van der Waals surface area contributed by atoms with Crippen LogP contribution in [0.3, 0.4) is 0 Å². The predicted molar refractivity (Wildman–Crippen MR) is 91.8 cm³/mol. The van der Waals surface area contributed by atoms with Crippen molar-refractivity contribution < 1.29 is 19.1 Å². The van der Waals surface area contributed by atoms with E-state index in [-0.39, 0.29) is 18.1 Å². The van der Waals surface area contributed by atoms with E-state index >= 15 is 0 Å². The van der Waals surface area contributed by atoms with Gasteiger partial charge in [0.15, 0.2) is 5.69 Å². The van der Waals surface area contributed by atoms with Crippen LogP contribution < -0.4 is 5.32 Å². The number of hydrogen-bond acceptors (Lipinski definition) is 3. The van der Waals surface area contributed by atoms with Crippen LogP contribution in [0.2, 0.25) is 0 Å². The van der Waals surface area contributed by atoms with Gasteiger partial charge in [-0.1, -0.05) is 0 Å². The van der Waals surface area contributed by atoms with Gasteiger partial charge in [0.25, 0.3) is 5.91 Å². The summed E-state index contributed by atoms with van der Waals surface area (Å²) in [7, 11) is 0. The third-order valence-electron chi connectivity index (χ3n) is 5.40. The molecule has 2 N–H and O–H groups in total. The Morgan fingerprint density at radius 2 is 1.92 bits per heavy atom. The molecule has 7 heteroatoms. The van der Waals surface area contributed by atoms with Crippen LogP contribution in [0.15, 0.2) is 24.3 Å². The van der Waals surface area contributed by atoms with E-state index < -0.39 is 11.5 Å². The van der Waals surface area contributed by atoms with Gasteiger partial charge in [-0.05, 0) is 62.8 Å². The molecule has 2 aliphatic carbocycles. The summed E-state index contributed by atoms with van der Waals surface area (Å²) in [5, 5.41) is 16.5. The highest BCUT2D eigenvalue weighted by atomic mass is 19.1. The molecular formula is C19H20FN3O3. The van der Waals surface area contributed by atoms with Gasteiger partial charge in [0, 0.05) is 11.3 Å². The molecule has 1 saturated carbocycles. The maximum Gasteiger partial charge on any atom is 0.305 e. The molecule has 4 rings (SSSR count). The molecule has 2 aliphatic rings. The molecule has 136 valence electrons. The standard InChI is InChI=1S/C19H20FN3O3/c20-12-5-7-13(8-6-12)23-15-4-1-3-14(15)17(22-23)18(26)21-19(9-2-10-19)11-16(24)25/h5-8H,1-4,9-11H2,(H,21,26)(H,24,25). The molecule has 0 radical (unpaired) electrons. The minimum atomic E-state index is -0.910. The lowest BCUT2D eigenvalue weighted by Gasteiger charge is -2.41. The summed E-state index contributed by atoms with van der Waals surface area (Å²) in [5.74, 6) is -1.55. The number of carbonyl (C=O) groups excluding carboxylic acids is 1. The van der Waals surface area contributed by atoms with E-state index in [1.54, 1.807) is 16.8 Å². The Morgan fingerprint density at radius 3 is 2.54 bits per heavy atom. The minimum absolute atomic E-state index is 0.0698. The van der Waals surface area contributed by atoms with Gasteiger partial charge in [-0.2, -0.15) is 5.10 Å². The van der Waals surface area contributed by atoms with Crippen molar-refractivity contribution in [1.29, 1.82) is 0 Å². The zero-order valence-corrected chi connectivity index (χ0v) is 14.3. The molecule has 1 aromatic heterocycles. The summed E-state index contributed by atoms with van der Waals surface area (Å²) in [5.41, 5.74) is 2.30. The van der Waals surface area contributed by atoms with Gasteiger partial charge < -0.3 is 10.4 Å². The van der Waals surface area contributed by atoms with Crippen molar-refractivity contribution in [3.8, 4) is 5.69 Å². The SMILES string of the molecule is O=C(O)CC1(NC(=O)c2nn(-c3ccc(F)cc3)c3c2CCC3)CCC1. The highest BCUT2D eigenvalue weighted by Crippen LogP contribution is 2.36. The van der Waals surface area contributed by atoms with E-state index in [1.165, 1.54) is 12.1 Å². The summed E-state index contributed by atoms with van der Waals surface area (Å²) in [6, 6.07) is 6.02. The molecular weight excluding hydrogens is 337 g/mol. The monoisotopic (exact) mass is 357 g/mol. The van der Waals surface area contributed by atoms with Crippen molar-refractivity contribution in [2.75, 3.05) is 0 Å². The fourth-order valence-corrected chi connectivity index (χ4v) is 3.95. The highest BCUT2D eigenvalue weighted by molar-refractivity contribution is 5.95. The van der Waals surface area contributed by atoms with Gasteiger partial charge in [-0.25, -0.2) is 9.07 Å². The number of fused-ring (bicyclic) bond motifs is 1. The predicted octanol–water partition coefficient (Wildman–Crippen LogP) is 2.63. The number of carbonyl (C=O) groups is 2. The molecule has 1 aromatic carbocycles. The number of nitrogens with one attached hydrogen (secondary N) is 1. The molecule has 0 atom stereocenters. The minimum Gasteiger partial charge on any atom is -0.481 e. The van der Waals surface area contributed by atoms with Crippen LogP contribution in [-0.4, -0.2) is 32.3 Å². The number of nitrogens with zero attached hydrogens (tertiary/aromatic N) is 2. The molecule has 0 unspecified atom stereocenters. The summed E-state index contributed by atoms with van der Waals surface area (Å²) >= 11 is 0. The van der Waals surface area contributed by atoms with E-state index in [0.717, 1.165) is 36.9 Å². The molecule has 1 heterocycles. The van der Waals surface area contributed by atoms with E-state index in [0.29, 0.717) is 24.2 Å². The number of amides is 1.